The van der Waals surface area contributed by atoms with E-state index < -0.39 is 29.1 Å². The highest BCUT2D eigenvalue weighted by atomic mass is 35.5. The summed E-state index contributed by atoms with van der Waals surface area (Å²) < 4.78 is 26.8. The number of aryl methyl sites for hydroxylation is 2. The number of amides is 2. The van der Waals surface area contributed by atoms with Crippen LogP contribution in [0.3, 0.4) is 0 Å². The number of ether oxygens (including phenoxy) is 3. The van der Waals surface area contributed by atoms with Crippen LogP contribution in [-0.2, 0) is 30.1 Å². The Balaban J connectivity index is 0.000000341. The van der Waals surface area contributed by atoms with Gasteiger partial charge in [-0.3, -0.25) is 29.1 Å². The number of benzene rings is 4. The van der Waals surface area contributed by atoms with Crippen LogP contribution in [0.2, 0.25) is 10.3 Å². The van der Waals surface area contributed by atoms with Crippen molar-refractivity contribution in [3.8, 4) is 17.2 Å². The van der Waals surface area contributed by atoms with E-state index >= 15 is 0 Å². The molecule has 1 aliphatic rings. The first kappa shape index (κ1) is 69.4. The van der Waals surface area contributed by atoms with Crippen molar-refractivity contribution in [3.63, 3.8) is 0 Å². The van der Waals surface area contributed by atoms with Crippen molar-refractivity contribution in [1.82, 2.24) is 15.0 Å². The Bertz CT molecular complexity index is 2820. The van der Waals surface area contributed by atoms with Gasteiger partial charge in [-0.25, -0.2) is 0 Å². The monoisotopic (exact) mass is 1220 g/mol. The van der Waals surface area contributed by atoms with Crippen LogP contribution in [0.15, 0.2) is 84.9 Å². The van der Waals surface area contributed by atoms with Gasteiger partial charge < -0.3 is 56.1 Å². The number of carbonyl (C=O) groups is 3. The number of hydrogen-bond acceptors (Lipinski definition) is 16. The molecule has 4 aromatic carbocycles. The summed E-state index contributed by atoms with van der Waals surface area (Å²) in [5, 5.41) is 25.3. The summed E-state index contributed by atoms with van der Waals surface area (Å²) >= 11 is 28.7. The first-order chi connectivity index (χ1) is 37.0. The number of nitrogens with two attached hydrogens (primary N) is 2. The molecule has 4 unspecified atom stereocenters. The summed E-state index contributed by atoms with van der Waals surface area (Å²) in [6.45, 7) is 18.9. The number of halogens is 5. The molecular formula is C52H70Cl5N10O11P. The van der Waals surface area contributed by atoms with Crippen LogP contribution in [-0.4, -0.2) is 122 Å². The number of carboxylic acids is 1. The van der Waals surface area contributed by atoms with Crippen LogP contribution in [0.4, 0.5) is 34.6 Å². The van der Waals surface area contributed by atoms with Crippen molar-refractivity contribution in [1.29, 1.82) is 0 Å². The molecule has 27 heteroatoms. The number of nitrogens with one attached hydrogen (secondary N) is 2. The van der Waals surface area contributed by atoms with Gasteiger partial charge in [-0.1, -0.05) is 90.3 Å². The highest BCUT2D eigenvalue weighted by Crippen LogP contribution is 2.39. The van der Waals surface area contributed by atoms with Gasteiger partial charge in [0.25, 0.3) is 11.6 Å². The molecule has 6 rings (SSSR count). The average Bonchev–Trinajstić information content (AvgIpc) is 3.38. The largest absolute Gasteiger partial charge is 0.489 e. The van der Waals surface area contributed by atoms with Crippen molar-refractivity contribution in [2.45, 2.75) is 96.7 Å². The zero-order valence-corrected chi connectivity index (χ0v) is 50.3. The van der Waals surface area contributed by atoms with E-state index in [1.165, 1.54) is 18.8 Å². The third-order valence-electron chi connectivity index (χ3n) is 10.5. The Morgan fingerprint density at radius 2 is 1.62 bits per heavy atom. The van der Waals surface area contributed by atoms with E-state index in [-0.39, 0.29) is 75.3 Å². The second-order valence-corrected chi connectivity index (χ2v) is 23.1. The van der Waals surface area contributed by atoms with E-state index in [1.54, 1.807) is 41.2 Å². The molecule has 0 fully saturated rings. The summed E-state index contributed by atoms with van der Waals surface area (Å²) in [7, 11) is -1.47. The minimum atomic E-state index is -3.10. The minimum Gasteiger partial charge on any atom is -0.489 e. The van der Waals surface area contributed by atoms with Crippen LogP contribution in [0.5, 0.6) is 17.2 Å². The molecular weight excluding hydrogens is 1150 g/mol. The van der Waals surface area contributed by atoms with Gasteiger partial charge in [0, 0.05) is 38.1 Å². The number of rotatable bonds is 17. The van der Waals surface area contributed by atoms with E-state index in [2.05, 4.69) is 38.6 Å². The minimum absolute atomic E-state index is 0.0223. The SMILES string of the molecule is CC1COc2ccccc2N1C(=O)C(Cl)Cl.CCNc1nc(Cl)nc(NC(C)(C)C)n1.CCc1cccc(C)c1N(C(=O)CCl)C(C)COC.CP(=O)(O)CCC(N)C(=O)O.Nc1c([N+](=O)[O-])ccc(Oc2ccccc2)c1Cl. The second kappa shape index (κ2) is 33.8. The Hall–Kier alpha value is -5.74. The van der Waals surface area contributed by atoms with Gasteiger partial charge in [-0.15, -0.1) is 11.6 Å². The topological polar surface area (TPSA) is 301 Å². The summed E-state index contributed by atoms with van der Waals surface area (Å²) in [4.78, 5) is 67.4. The lowest BCUT2D eigenvalue weighted by atomic mass is 10.0. The number of nitrogens with zero attached hydrogens (tertiary/aromatic N) is 6. The zero-order valence-electron chi connectivity index (χ0n) is 45.6. The Kier molecular flexibility index (Phi) is 29.6. The summed E-state index contributed by atoms with van der Waals surface area (Å²) in [5.74, 6) is 0.954. The standard InChI is InChI=1S/C15H22ClNO2.C12H9ClN2O3.C11H11Cl2NO2.C9H16ClN5.C5H12NO4P/c1-5-13-8-6-7-11(2)15(13)17(14(18)9-16)12(3)10-19-4;13-11-10(18-8-4-2-1-3-5-8)7-6-9(12(11)14)15(16)17;1-7-6-16-9-5-3-2-4-8(9)14(7)11(15)10(12)13;1-5-11-7-12-6(10)13-8(14-7)15-9(2,3)4;1-11(9,10)3-2-4(6)5(7)8/h6-8,12H,5,9-10H2,1-4H3;1-7H,14H2;2-5,7,10H,6H2,1H3;5H2,1-4H3,(H2,11,12,13,14,15);4H,2-3,6H2,1H3,(H,7,8)(H,9,10). The van der Waals surface area contributed by atoms with Crippen LogP contribution < -0.4 is 41.4 Å². The van der Waals surface area contributed by atoms with Crippen LogP contribution in [0.25, 0.3) is 0 Å². The molecule has 0 bridgehead atoms. The lowest BCUT2D eigenvalue weighted by Crippen LogP contribution is -2.47. The number of aromatic nitrogens is 3. The second-order valence-electron chi connectivity index (χ2n) is 18.4. The van der Waals surface area contributed by atoms with Crippen molar-refractivity contribution >= 4 is 118 Å². The number of hydrogen-bond donors (Lipinski definition) is 6. The van der Waals surface area contributed by atoms with Gasteiger partial charge in [-0.05, 0) is 114 Å². The smallest absolute Gasteiger partial charge is 0.320 e. The van der Waals surface area contributed by atoms with Gasteiger partial charge in [0.2, 0.25) is 23.1 Å². The summed E-state index contributed by atoms with van der Waals surface area (Å²) in [6, 6.07) is 23.9. The number of para-hydroxylation sites is 4. The molecule has 0 aliphatic carbocycles. The van der Waals surface area contributed by atoms with Crippen molar-refractivity contribution < 1.29 is 48.1 Å². The number of anilines is 5. The van der Waals surface area contributed by atoms with Gasteiger partial charge in [0.05, 0.1) is 35.0 Å². The quantitative estimate of drug-likeness (QED) is 0.0166. The number of carbonyl (C=O) groups excluding carboxylic acids is 2. The number of nitrogen functional groups attached to an aromatic ring is 1. The molecule has 0 saturated carbocycles. The first-order valence-electron chi connectivity index (χ1n) is 24.4. The highest BCUT2D eigenvalue weighted by Gasteiger charge is 2.32. The Morgan fingerprint density at radius 3 is 2.16 bits per heavy atom. The molecule has 0 radical (unpaired) electrons. The molecule has 1 aliphatic heterocycles. The van der Waals surface area contributed by atoms with E-state index in [9.17, 15) is 29.1 Å². The number of methoxy groups -OCH3 is 1. The Labute approximate surface area is 486 Å². The molecule has 79 heavy (non-hydrogen) atoms. The molecule has 0 saturated heterocycles. The maximum Gasteiger partial charge on any atom is 0.320 e. The lowest BCUT2D eigenvalue weighted by Gasteiger charge is -2.35. The van der Waals surface area contributed by atoms with Gasteiger partial charge in [0.1, 0.15) is 46.5 Å². The van der Waals surface area contributed by atoms with E-state index in [1.807, 2.05) is 90.9 Å². The third kappa shape index (κ3) is 23.9. The maximum atomic E-state index is 12.2. The van der Waals surface area contributed by atoms with E-state index in [4.69, 9.17) is 93.7 Å². The normalized spacial score (nSPS) is 13.9. The van der Waals surface area contributed by atoms with Crippen molar-refractivity contribution in [2.24, 2.45) is 5.73 Å². The van der Waals surface area contributed by atoms with Crippen LogP contribution in [0, 0.1) is 17.0 Å². The molecule has 434 valence electrons. The summed E-state index contributed by atoms with van der Waals surface area (Å²) in [6.07, 6.45) is 0.878. The van der Waals surface area contributed by atoms with Gasteiger partial charge in [0.15, 0.2) is 12.2 Å². The van der Waals surface area contributed by atoms with E-state index in [0.717, 1.165) is 35.5 Å². The molecule has 0 spiro atoms. The molecule has 2 amide bonds. The number of aliphatic carboxylic acids is 1. The number of carboxylic acid groups (broad SMARTS) is 1. The molecule has 5 aromatic rings. The highest BCUT2D eigenvalue weighted by molar-refractivity contribution is 7.57. The van der Waals surface area contributed by atoms with Crippen LogP contribution in [0.1, 0.15) is 66.0 Å². The van der Waals surface area contributed by atoms with E-state index in [0.29, 0.717) is 36.6 Å². The molecule has 21 nitrogen and oxygen atoms in total. The average molecular weight is 1220 g/mol. The zero-order chi connectivity index (χ0) is 59.8. The van der Waals surface area contributed by atoms with Gasteiger partial charge >= 0.3 is 5.97 Å². The van der Waals surface area contributed by atoms with Crippen molar-refractivity contribution in [2.75, 3.05) is 71.7 Å². The first-order valence-corrected chi connectivity index (χ1v) is 28.9. The fraction of sp³-hybridized carbons (Fsp3) is 0.423. The maximum absolute atomic E-state index is 12.2. The predicted octanol–water partition coefficient (Wildman–Crippen LogP) is 11.2. The van der Waals surface area contributed by atoms with Gasteiger partial charge in [-0.2, -0.15) is 15.0 Å². The fourth-order valence-corrected chi connectivity index (χ4v) is 8.41. The molecule has 8 N–H and O–H groups in total. The molecule has 2 heterocycles. The number of nitro benzene ring substituents is 1. The molecule has 4 atom stereocenters. The lowest BCUT2D eigenvalue weighted by molar-refractivity contribution is -0.383. The third-order valence-corrected chi connectivity index (χ3v) is 12.8. The number of fused-ring (bicyclic) bond motifs is 1. The fourth-order valence-electron chi connectivity index (χ4n) is 6.96. The predicted molar refractivity (Wildman–Crippen MR) is 317 cm³/mol. The molecule has 1 aromatic heterocycles. The van der Waals surface area contributed by atoms with Crippen molar-refractivity contribution in [3.05, 3.63) is 116 Å². The summed E-state index contributed by atoms with van der Waals surface area (Å²) in [5.41, 5.74) is 14.2. The number of nitro groups is 1. The van der Waals surface area contributed by atoms with Crippen LogP contribution >= 0.6 is 65.4 Å². The number of alkyl halides is 3. The Morgan fingerprint density at radius 1 is 1.00 bits per heavy atom.